The van der Waals surface area contributed by atoms with E-state index in [0.29, 0.717) is 18.2 Å². The van der Waals surface area contributed by atoms with Crippen molar-refractivity contribution in [3.05, 3.63) is 23.4 Å². The van der Waals surface area contributed by atoms with E-state index in [2.05, 4.69) is 23.7 Å². The van der Waals surface area contributed by atoms with Crippen molar-refractivity contribution >= 4 is 23.0 Å². The average Bonchev–Trinajstić information content (AvgIpc) is 2.27. The fraction of sp³-hybridized carbons (Fsp3) is 0.538. The van der Waals surface area contributed by atoms with Crippen LogP contribution in [0, 0.1) is 6.92 Å². The molecule has 0 aliphatic carbocycles. The molecular weight excluding hydrogens is 246 g/mol. The van der Waals surface area contributed by atoms with Crippen LogP contribution in [-0.4, -0.2) is 35.3 Å². The van der Waals surface area contributed by atoms with Crippen LogP contribution in [0.3, 0.4) is 0 Å². The Morgan fingerprint density at radius 2 is 2.28 bits per heavy atom. The lowest BCUT2D eigenvalue weighted by Gasteiger charge is -2.43. The highest BCUT2D eigenvalue weighted by molar-refractivity contribution is 7.80. The van der Waals surface area contributed by atoms with Gasteiger partial charge in [0.05, 0.1) is 24.3 Å². The number of rotatable bonds is 2. The summed E-state index contributed by atoms with van der Waals surface area (Å²) in [5, 5.41) is 0. The Balaban J connectivity index is 2.50. The maximum Gasteiger partial charge on any atom is 0.139 e. The zero-order valence-corrected chi connectivity index (χ0v) is 11.9. The normalized spacial score (nSPS) is 18.7. The van der Waals surface area contributed by atoms with Gasteiger partial charge in [0.15, 0.2) is 0 Å². The number of hydrogen-bond acceptors (Lipinski definition) is 4. The number of hydrogen-bond donors (Lipinski definition) is 1. The summed E-state index contributed by atoms with van der Waals surface area (Å²) >= 11 is 5.16. The summed E-state index contributed by atoms with van der Waals surface area (Å²) in [7, 11) is 0. The largest absolute Gasteiger partial charge is 0.389 e. The molecule has 1 aliphatic rings. The number of morpholine rings is 1. The number of ether oxygens (including phenoxy) is 1. The van der Waals surface area contributed by atoms with E-state index in [4.69, 9.17) is 22.7 Å². The van der Waals surface area contributed by atoms with E-state index in [-0.39, 0.29) is 5.54 Å². The van der Waals surface area contributed by atoms with Crippen molar-refractivity contribution in [2.45, 2.75) is 26.3 Å². The highest BCUT2D eigenvalue weighted by atomic mass is 32.1. The van der Waals surface area contributed by atoms with Gasteiger partial charge >= 0.3 is 0 Å². The Bertz CT molecular complexity index is 473. The molecule has 2 rings (SSSR count). The highest BCUT2D eigenvalue weighted by Gasteiger charge is 2.33. The zero-order chi connectivity index (χ0) is 13.3. The quantitative estimate of drug-likeness (QED) is 0.824. The molecule has 0 unspecified atom stereocenters. The van der Waals surface area contributed by atoms with Crippen LogP contribution in [0.4, 0.5) is 5.82 Å². The molecule has 5 heteroatoms. The van der Waals surface area contributed by atoms with Crippen molar-refractivity contribution in [1.82, 2.24) is 4.98 Å². The highest BCUT2D eigenvalue weighted by Crippen LogP contribution is 2.29. The van der Waals surface area contributed by atoms with Gasteiger partial charge in [-0.05, 0) is 32.4 Å². The molecule has 1 aromatic heterocycles. The second-order valence-electron chi connectivity index (χ2n) is 5.21. The zero-order valence-electron chi connectivity index (χ0n) is 11.1. The first-order valence-electron chi connectivity index (χ1n) is 6.04. The van der Waals surface area contributed by atoms with Crippen LogP contribution in [0.1, 0.15) is 25.0 Å². The molecule has 0 spiro atoms. The molecule has 0 saturated carbocycles. The number of pyridine rings is 1. The van der Waals surface area contributed by atoms with Gasteiger partial charge in [0, 0.05) is 12.7 Å². The summed E-state index contributed by atoms with van der Waals surface area (Å²) in [4.78, 5) is 7.12. The number of nitrogens with zero attached hydrogens (tertiary/aromatic N) is 2. The fourth-order valence-electron chi connectivity index (χ4n) is 2.30. The Morgan fingerprint density at radius 3 is 2.89 bits per heavy atom. The summed E-state index contributed by atoms with van der Waals surface area (Å²) in [5.41, 5.74) is 7.69. The third kappa shape index (κ3) is 2.33. The summed E-state index contributed by atoms with van der Waals surface area (Å²) in [6.07, 6.45) is 1.80. The standard InChI is InChI=1S/C13H19N3OS/c1-9-4-5-15-12(10(9)11(14)18)16-6-7-17-8-13(16,2)3/h4-5H,6-8H2,1-3H3,(H2,14,18). The summed E-state index contributed by atoms with van der Waals surface area (Å²) in [5.74, 6) is 0.871. The maximum absolute atomic E-state index is 5.84. The van der Waals surface area contributed by atoms with Gasteiger partial charge in [0.1, 0.15) is 10.8 Å². The van der Waals surface area contributed by atoms with Crippen molar-refractivity contribution in [2.75, 3.05) is 24.7 Å². The van der Waals surface area contributed by atoms with E-state index in [0.717, 1.165) is 23.5 Å². The SMILES string of the molecule is Cc1ccnc(N2CCOCC2(C)C)c1C(N)=S. The molecule has 0 bridgehead atoms. The third-order valence-corrected chi connectivity index (χ3v) is 3.49. The van der Waals surface area contributed by atoms with Gasteiger partial charge in [0.25, 0.3) is 0 Å². The van der Waals surface area contributed by atoms with Crippen LogP contribution in [0.25, 0.3) is 0 Å². The predicted octanol–water partition coefficient (Wildman–Crippen LogP) is 1.64. The molecule has 0 aromatic carbocycles. The molecule has 1 saturated heterocycles. The second-order valence-corrected chi connectivity index (χ2v) is 5.65. The van der Waals surface area contributed by atoms with Crippen LogP contribution in [-0.2, 0) is 4.74 Å². The van der Waals surface area contributed by atoms with Crippen LogP contribution in [0.15, 0.2) is 12.3 Å². The first kappa shape index (κ1) is 13.2. The summed E-state index contributed by atoms with van der Waals surface area (Å²) in [6, 6.07) is 1.94. The first-order valence-corrected chi connectivity index (χ1v) is 6.45. The molecule has 98 valence electrons. The Labute approximate surface area is 113 Å². The van der Waals surface area contributed by atoms with Gasteiger partial charge in [-0.3, -0.25) is 0 Å². The Morgan fingerprint density at radius 1 is 1.56 bits per heavy atom. The van der Waals surface area contributed by atoms with E-state index >= 15 is 0 Å². The summed E-state index contributed by atoms with van der Waals surface area (Å²) < 4.78 is 5.53. The van der Waals surface area contributed by atoms with E-state index in [1.54, 1.807) is 6.20 Å². The molecule has 0 radical (unpaired) electrons. The number of thiocarbonyl (C=S) groups is 1. The molecule has 0 atom stereocenters. The van der Waals surface area contributed by atoms with Gasteiger partial charge in [-0.1, -0.05) is 12.2 Å². The Kier molecular flexibility index (Phi) is 3.54. The number of aryl methyl sites for hydroxylation is 1. The van der Waals surface area contributed by atoms with Crippen LogP contribution in [0.5, 0.6) is 0 Å². The van der Waals surface area contributed by atoms with E-state index in [1.807, 2.05) is 13.0 Å². The summed E-state index contributed by atoms with van der Waals surface area (Å²) in [6.45, 7) is 8.47. The lowest BCUT2D eigenvalue weighted by molar-refractivity contribution is 0.0639. The first-order chi connectivity index (χ1) is 8.43. The molecule has 4 nitrogen and oxygen atoms in total. The monoisotopic (exact) mass is 265 g/mol. The smallest absolute Gasteiger partial charge is 0.139 e. The predicted molar refractivity (Wildman–Crippen MR) is 77.1 cm³/mol. The topological polar surface area (TPSA) is 51.4 Å². The number of aromatic nitrogens is 1. The van der Waals surface area contributed by atoms with Crippen molar-refractivity contribution in [3.8, 4) is 0 Å². The van der Waals surface area contributed by atoms with E-state index < -0.39 is 0 Å². The van der Waals surface area contributed by atoms with Crippen molar-refractivity contribution in [1.29, 1.82) is 0 Å². The maximum atomic E-state index is 5.84. The molecule has 1 aliphatic heterocycles. The molecular formula is C13H19N3OS. The molecule has 1 aromatic rings. The van der Waals surface area contributed by atoms with Crippen LogP contribution < -0.4 is 10.6 Å². The van der Waals surface area contributed by atoms with Crippen molar-refractivity contribution in [3.63, 3.8) is 0 Å². The third-order valence-electron chi connectivity index (χ3n) is 3.29. The number of anilines is 1. The minimum absolute atomic E-state index is 0.0986. The lowest BCUT2D eigenvalue weighted by atomic mass is 10.0. The minimum Gasteiger partial charge on any atom is -0.389 e. The van der Waals surface area contributed by atoms with Gasteiger partial charge in [-0.25, -0.2) is 4.98 Å². The van der Waals surface area contributed by atoms with Gasteiger partial charge in [-0.2, -0.15) is 0 Å². The van der Waals surface area contributed by atoms with Gasteiger partial charge in [-0.15, -0.1) is 0 Å². The van der Waals surface area contributed by atoms with E-state index in [1.165, 1.54) is 0 Å². The Hall–Kier alpha value is -1.20. The molecule has 1 fully saturated rings. The van der Waals surface area contributed by atoms with Gasteiger partial charge < -0.3 is 15.4 Å². The molecule has 18 heavy (non-hydrogen) atoms. The van der Waals surface area contributed by atoms with Crippen molar-refractivity contribution < 1.29 is 4.74 Å². The average molecular weight is 265 g/mol. The lowest BCUT2D eigenvalue weighted by Crippen LogP contribution is -2.54. The fourth-order valence-corrected chi connectivity index (χ4v) is 2.56. The minimum atomic E-state index is -0.0986. The second kappa shape index (κ2) is 4.82. The molecule has 2 heterocycles. The van der Waals surface area contributed by atoms with Gasteiger partial charge in [0.2, 0.25) is 0 Å². The van der Waals surface area contributed by atoms with Crippen LogP contribution >= 0.6 is 12.2 Å². The van der Waals surface area contributed by atoms with Crippen LogP contribution in [0.2, 0.25) is 0 Å². The molecule has 0 amide bonds. The van der Waals surface area contributed by atoms with E-state index in [9.17, 15) is 0 Å². The van der Waals surface area contributed by atoms with Crippen molar-refractivity contribution in [2.24, 2.45) is 5.73 Å². The molecule has 2 N–H and O–H groups in total. The number of nitrogens with two attached hydrogens (primary N) is 1.